The number of aromatic nitrogens is 2. The SMILES string of the molecule is CCOc1cc(C=Nn2c(-c3cc4cc(Cl)ccc4o3)nc3ccccc3c2=O)cc([N+](=O)[O-])c1OCc1ccc(C)cc1. The number of halogens is 1. The van der Waals surface area contributed by atoms with Crippen LogP contribution in [0.4, 0.5) is 5.69 Å². The van der Waals surface area contributed by atoms with E-state index in [0.29, 0.717) is 32.8 Å². The molecule has 6 aromatic rings. The van der Waals surface area contributed by atoms with Crippen molar-refractivity contribution in [2.75, 3.05) is 6.61 Å². The van der Waals surface area contributed by atoms with Gasteiger partial charge >= 0.3 is 5.69 Å². The summed E-state index contributed by atoms with van der Waals surface area (Å²) in [7, 11) is 0. The molecule has 220 valence electrons. The van der Waals surface area contributed by atoms with Gasteiger partial charge in [-0.1, -0.05) is 53.6 Å². The summed E-state index contributed by atoms with van der Waals surface area (Å²) in [6, 6.07) is 24.3. The van der Waals surface area contributed by atoms with E-state index in [0.717, 1.165) is 21.2 Å². The molecule has 0 spiro atoms. The van der Waals surface area contributed by atoms with Crippen molar-refractivity contribution in [3.8, 4) is 23.1 Å². The number of hydrogen-bond donors (Lipinski definition) is 0. The molecule has 0 amide bonds. The van der Waals surface area contributed by atoms with E-state index in [1.165, 1.54) is 12.3 Å². The number of hydrogen-bond acceptors (Lipinski definition) is 8. The summed E-state index contributed by atoms with van der Waals surface area (Å²) in [6.45, 7) is 4.09. The van der Waals surface area contributed by atoms with Crippen molar-refractivity contribution in [2.24, 2.45) is 5.10 Å². The molecule has 0 N–H and O–H groups in total. The van der Waals surface area contributed by atoms with Gasteiger partial charge in [0, 0.05) is 22.0 Å². The molecule has 0 aliphatic carbocycles. The van der Waals surface area contributed by atoms with Crippen molar-refractivity contribution in [2.45, 2.75) is 20.5 Å². The van der Waals surface area contributed by atoms with Gasteiger partial charge in [-0.05, 0) is 61.9 Å². The molecule has 4 aromatic carbocycles. The van der Waals surface area contributed by atoms with E-state index in [1.54, 1.807) is 61.5 Å². The maximum absolute atomic E-state index is 13.6. The Balaban J connectivity index is 1.44. The molecule has 0 saturated heterocycles. The van der Waals surface area contributed by atoms with Crippen molar-refractivity contribution >= 4 is 45.4 Å². The molecule has 2 heterocycles. The van der Waals surface area contributed by atoms with Crippen molar-refractivity contribution in [3.63, 3.8) is 0 Å². The van der Waals surface area contributed by atoms with Gasteiger partial charge in [0.15, 0.2) is 11.5 Å². The van der Waals surface area contributed by atoms with Crippen LogP contribution >= 0.6 is 11.6 Å². The van der Waals surface area contributed by atoms with E-state index < -0.39 is 10.5 Å². The first kappa shape index (κ1) is 28.6. The molecule has 0 fully saturated rings. The number of nitro groups is 1. The van der Waals surface area contributed by atoms with E-state index >= 15 is 0 Å². The molecule has 0 atom stereocenters. The van der Waals surface area contributed by atoms with Crippen LogP contribution in [0, 0.1) is 17.0 Å². The molecule has 0 aliphatic rings. The van der Waals surface area contributed by atoms with Gasteiger partial charge in [0.05, 0.1) is 28.6 Å². The number of furan rings is 1. The number of fused-ring (bicyclic) bond motifs is 2. The van der Waals surface area contributed by atoms with Crippen molar-refractivity contribution in [3.05, 3.63) is 127 Å². The minimum absolute atomic E-state index is 0.000684. The lowest BCUT2D eigenvalue weighted by Gasteiger charge is -2.13. The number of para-hydroxylation sites is 1. The van der Waals surface area contributed by atoms with Crippen LogP contribution in [0.25, 0.3) is 33.5 Å². The normalized spacial score (nSPS) is 11.4. The molecule has 44 heavy (non-hydrogen) atoms. The Hall–Kier alpha value is -5.48. The average molecular weight is 609 g/mol. The van der Waals surface area contributed by atoms with E-state index in [4.69, 9.17) is 25.5 Å². The highest BCUT2D eigenvalue weighted by molar-refractivity contribution is 6.31. The molecular formula is C33H25ClN4O6. The van der Waals surface area contributed by atoms with Crippen LogP contribution in [0.1, 0.15) is 23.6 Å². The molecule has 0 radical (unpaired) electrons. The summed E-state index contributed by atoms with van der Waals surface area (Å²) in [4.78, 5) is 29.9. The third-order valence-corrected chi connectivity index (χ3v) is 7.07. The summed E-state index contributed by atoms with van der Waals surface area (Å²) < 4.78 is 18.8. The first-order valence-electron chi connectivity index (χ1n) is 13.7. The number of benzene rings is 4. The maximum atomic E-state index is 13.6. The fourth-order valence-electron chi connectivity index (χ4n) is 4.71. The Labute approximate surface area is 255 Å². The molecule has 0 unspecified atom stereocenters. The second kappa shape index (κ2) is 12.0. The van der Waals surface area contributed by atoms with Crippen LogP contribution in [0.3, 0.4) is 0 Å². The Morgan fingerprint density at radius 1 is 1.05 bits per heavy atom. The average Bonchev–Trinajstić information content (AvgIpc) is 3.44. The van der Waals surface area contributed by atoms with Crippen molar-refractivity contribution < 1.29 is 18.8 Å². The first-order chi connectivity index (χ1) is 21.3. The summed E-state index contributed by atoms with van der Waals surface area (Å²) >= 11 is 6.16. The van der Waals surface area contributed by atoms with Gasteiger partial charge in [0.1, 0.15) is 12.2 Å². The molecule has 6 rings (SSSR count). The summed E-state index contributed by atoms with van der Waals surface area (Å²) in [5, 5.41) is 18.2. The quantitative estimate of drug-likeness (QED) is 0.0943. The van der Waals surface area contributed by atoms with Gasteiger partial charge in [-0.2, -0.15) is 9.78 Å². The van der Waals surface area contributed by atoms with E-state index in [-0.39, 0.29) is 36.2 Å². The highest BCUT2D eigenvalue weighted by atomic mass is 35.5. The van der Waals surface area contributed by atoms with Crippen LogP contribution in [-0.4, -0.2) is 27.4 Å². The molecule has 0 saturated carbocycles. The highest BCUT2D eigenvalue weighted by Crippen LogP contribution is 2.39. The second-order valence-electron chi connectivity index (χ2n) is 9.94. The zero-order valence-electron chi connectivity index (χ0n) is 23.7. The number of nitro benzene ring substituents is 1. The van der Waals surface area contributed by atoms with E-state index in [9.17, 15) is 14.9 Å². The van der Waals surface area contributed by atoms with Crippen LogP contribution in [0.5, 0.6) is 11.5 Å². The van der Waals surface area contributed by atoms with Crippen molar-refractivity contribution in [1.82, 2.24) is 9.66 Å². The predicted octanol–water partition coefficient (Wildman–Crippen LogP) is 7.54. The largest absolute Gasteiger partial charge is 0.490 e. The van der Waals surface area contributed by atoms with Gasteiger partial charge in [0.2, 0.25) is 11.6 Å². The lowest BCUT2D eigenvalue weighted by atomic mass is 10.1. The minimum Gasteiger partial charge on any atom is -0.490 e. The van der Waals surface area contributed by atoms with Gasteiger partial charge in [-0.25, -0.2) is 4.98 Å². The molecular weight excluding hydrogens is 584 g/mol. The summed E-state index contributed by atoms with van der Waals surface area (Å²) in [5.74, 6) is 0.618. The fraction of sp³-hybridized carbons (Fsp3) is 0.121. The van der Waals surface area contributed by atoms with Crippen LogP contribution < -0.4 is 15.0 Å². The third kappa shape index (κ3) is 5.75. The van der Waals surface area contributed by atoms with Crippen LogP contribution in [0.15, 0.2) is 99.2 Å². The van der Waals surface area contributed by atoms with Gasteiger partial charge in [-0.3, -0.25) is 14.9 Å². The predicted molar refractivity (Wildman–Crippen MR) is 169 cm³/mol. The standard InChI is InChI=1S/C33H25ClN4O6/c1-3-42-29-15-22(14-27(38(40)41)31(29)43-19-21-10-8-20(2)9-11-21)18-35-37-32(36-26-7-5-4-6-25(26)33(37)39)30-17-23-16-24(34)12-13-28(23)44-30/h4-18H,3,19H2,1-2H3. The molecule has 0 aliphatic heterocycles. The third-order valence-electron chi connectivity index (χ3n) is 6.83. The van der Waals surface area contributed by atoms with Crippen LogP contribution in [-0.2, 0) is 6.61 Å². The summed E-state index contributed by atoms with van der Waals surface area (Å²) in [6.07, 6.45) is 1.33. The number of aryl methyl sites for hydroxylation is 1. The maximum Gasteiger partial charge on any atom is 0.315 e. The minimum atomic E-state index is -0.543. The smallest absolute Gasteiger partial charge is 0.315 e. The van der Waals surface area contributed by atoms with E-state index in [2.05, 4.69) is 10.1 Å². The van der Waals surface area contributed by atoms with Gasteiger partial charge < -0.3 is 13.9 Å². The Morgan fingerprint density at radius 2 is 1.84 bits per heavy atom. The molecule has 11 heteroatoms. The number of rotatable bonds is 9. The zero-order valence-corrected chi connectivity index (χ0v) is 24.4. The van der Waals surface area contributed by atoms with Gasteiger partial charge in [-0.15, -0.1) is 0 Å². The number of ether oxygens (including phenoxy) is 2. The van der Waals surface area contributed by atoms with Crippen LogP contribution in [0.2, 0.25) is 5.02 Å². The van der Waals surface area contributed by atoms with Gasteiger partial charge in [0.25, 0.3) is 5.56 Å². The number of nitrogens with zero attached hydrogens (tertiary/aromatic N) is 4. The zero-order chi connectivity index (χ0) is 30.8. The fourth-order valence-corrected chi connectivity index (χ4v) is 4.89. The van der Waals surface area contributed by atoms with E-state index in [1.807, 2.05) is 31.2 Å². The molecule has 2 aromatic heterocycles. The lowest BCUT2D eigenvalue weighted by molar-refractivity contribution is -0.386. The Morgan fingerprint density at radius 3 is 2.61 bits per heavy atom. The molecule has 0 bridgehead atoms. The highest BCUT2D eigenvalue weighted by Gasteiger charge is 2.23. The topological polar surface area (TPSA) is 122 Å². The van der Waals surface area contributed by atoms with Crippen molar-refractivity contribution in [1.29, 1.82) is 0 Å². The first-order valence-corrected chi connectivity index (χ1v) is 14.1. The second-order valence-corrected chi connectivity index (χ2v) is 10.4. The monoisotopic (exact) mass is 608 g/mol. The lowest BCUT2D eigenvalue weighted by Crippen LogP contribution is -2.20. The Kier molecular flexibility index (Phi) is 7.82. The molecule has 10 nitrogen and oxygen atoms in total. The Bertz CT molecular complexity index is 2120. The summed E-state index contributed by atoms with van der Waals surface area (Å²) in [5.41, 5.74) is 2.52.